The molecule has 0 aliphatic rings. The van der Waals surface area contributed by atoms with E-state index >= 15 is 0 Å². The Morgan fingerprint density at radius 1 is 1.27 bits per heavy atom. The normalized spacial score (nSPS) is 14.2. The van der Waals surface area contributed by atoms with E-state index in [2.05, 4.69) is 5.32 Å². The van der Waals surface area contributed by atoms with Gasteiger partial charge in [0.25, 0.3) is 0 Å². The average Bonchev–Trinajstić information content (AvgIpc) is 2.11. The van der Waals surface area contributed by atoms with Gasteiger partial charge in [0.2, 0.25) is 0 Å². The molecule has 1 N–H and O–H groups in total. The number of rotatable bonds is 8. The molecule has 0 saturated carbocycles. The van der Waals surface area contributed by atoms with Crippen molar-refractivity contribution in [3.8, 4) is 0 Å². The van der Waals surface area contributed by atoms with Crippen LogP contribution in [0.1, 0.15) is 32.6 Å². The first-order chi connectivity index (χ1) is 6.95. The molecule has 0 radical (unpaired) electrons. The fraction of sp³-hybridized carbons (Fsp3) is 1.00. The topological polar surface area (TPSA) is 21.3 Å². The fourth-order valence-corrected chi connectivity index (χ4v) is 1.21. The second-order valence-corrected chi connectivity index (χ2v) is 3.65. The largest absolute Gasteiger partial charge is 0.389 e. The summed E-state index contributed by atoms with van der Waals surface area (Å²) in [5, 5.41) is 3.01. The summed E-state index contributed by atoms with van der Waals surface area (Å²) in [6.07, 6.45) is -2.84. The van der Waals surface area contributed by atoms with Crippen molar-refractivity contribution in [2.75, 3.05) is 20.2 Å². The highest BCUT2D eigenvalue weighted by Gasteiger charge is 2.26. The summed E-state index contributed by atoms with van der Waals surface area (Å²) in [4.78, 5) is 0. The summed E-state index contributed by atoms with van der Waals surface area (Å²) in [6.45, 7) is 3.00. The van der Waals surface area contributed by atoms with Crippen molar-refractivity contribution in [3.05, 3.63) is 0 Å². The first-order valence-electron chi connectivity index (χ1n) is 5.28. The lowest BCUT2D eigenvalue weighted by Crippen LogP contribution is -2.15. The highest BCUT2D eigenvalue weighted by molar-refractivity contribution is 4.54. The van der Waals surface area contributed by atoms with E-state index in [0.29, 0.717) is 0 Å². The van der Waals surface area contributed by atoms with Gasteiger partial charge < -0.3 is 10.1 Å². The molecule has 0 bridgehead atoms. The Bertz CT molecular complexity index is 150. The Kier molecular flexibility index (Phi) is 7.78. The van der Waals surface area contributed by atoms with Crippen molar-refractivity contribution in [1.82, 2.24) is 5.32 Å². The van der Waals surface area contributed by atoms with Crippen LogP contribution in [0.4, 0.5) is 13.2 Å². The SMILES string of the molecule is CNCCCC(C)OCCCC(F)(F)F. The van der Waals surface area contributed by atoms with E-state index in [-0.39, 0.29) is 19.1 Å². The maximum atomic E-state index is 11.8. The minimum atomic E-state index is -4.06. The molecule has 5 heteroatoms. The van der Waals surface area contributed by atoms with Gasteiger partial charge >= 0.3 is 6.18 Å². The third-order valence-corrected chi connectivity index (χ3v) is 2.04. The third kappa shape index (κ3) is 11.6. The van der Waals surface area contributed by atoms with Gasteiger partial charge in [0, 0.05) is 13.0 Å². The van der Waals surface area contributed by atoms with Crippen LogP contribution in [0.15, 0.2) is 0 Å². The standard InChI is InChI=1S/C10H20F3NO/c1-9(5-3-7-14-2)15-8-4-6-10(11,12)13/h9,14H,3-8H2,1-2H3. The second kappa shape index (κ2) is 7.93. The van der Waals surface area contributed by atoms with Crippen LogP contribution < -0.4 is 5.32 Å². The summed E-state index contributed by atoms with van der Waals surface area (Å²) in [5.41, 5.74) is 0. The minimum absolute atomic E-state index is 0.0478. The molecule has 92 valence electrons. The van der Waals surface area contributed by atoms with E-state index < -0.39 is 12.6 Å². The molecular weight excluding hydrogens is 207 g/mol. The summed E-state index contributed by atoms with van der Waals surface area (Å²) in [5.74, 6) is 0. The molecule has 1 unspecified atom stereocenters. The summed E-state index contributed by atoms with van der Waals surface area (Å²) in [6, 6.07) is 0. The van der Waals surface area contributed by atoms with Gasteiger partial charge in [-0.3, -0.25) is 0 Å². The van der Waals surface area contributed by atoms with Crippen LogP contribution in [0.2, 0.25) is 0 Å². The Labute approximate surface area is 89.2 Å². The van der Waals surface area contributed by atoms with Gasteiger partial charge in [-0.05, 0) is 39.8 Å². The quantitative estimate of drug-likeness (QED) is 0.644. The van der Waals surface area contributed by atoms with Crippen LogP contribution in [-0.4, -0.2) is 32.5 Å². The van der Waals surface area contributed by atoms with Gasteiger partial charge in [-0.1, -0.05) is 0 Å². The van der Waals surface area contributed by atoms with E-state index in [4.69, 9.17) is 4.74 Å². The molecule has 0 aromatic heterocycles. The fourth-order valence-electron chi connectivity index (χ4n) is 1.21. The van der Waals surface area contributed by atoms with E-state index in [9.17, 15) is 13.2 Å². The molecule has 1 atom stereocenters. The smallest absolute Gasteiger partial charge is 0.379 e. The van der Waals surface area contributed by atoms with Crippen LogP contribution in [0.25, 0.3) is 0 Å². The second-order valence-electron chi connectivity index (χ2n) is 3.65. The molecule has 2 nitrogen and oxygen atoms in total. The highest BCUT2D eigenvalue weighted by atomic mass is 19.4. The molecule has 0 aromatic rings. The van der Waals surface area contributed by atoms with E-state index in [1.165, 1.54) is 0 Å². The van der Waals surface area contributed by atoms with Crippen LogP contribution in [0.3, 0.4) is 0 Å². The summed E-state index contributed by atoms with van der Waals surface area (Å²) in [7, 11) is 1.87. The molecule has 0 aliphatic heterocycles. The third-order valence-electron chi connectivity index (χ3n) is 2.04. The molecule has 0 saturated heterocycles. The van der Waals surface area contributed by atoms with E-state index in [1.54, 1.807) is 0 Å². The minimum Gasteiger partial charge on any atom is -0.379 e. The zero-order chi connectivity index (χ0) is 11.7. The maximum absolute atomic E-state index is 11.8. The van der Waals surface area contributed by atoms with Crippen molar-refractivity contribution >= 4 is 0 Å². The average molecular weight is 227 g/mol. The number of nitrogens with one attached hydrogen (secondary N) is 1. The number of hydrogen-bond donors (Lipinski definition) is 1. The van der Waals surface area contributed by atoms with E-state index in [0.717, 1.165) is 19.4 Å². The Morgan fingerprint density at radius 3 is 2.47 bits per heavy atom. The van der Waals surface area contributed by atoms with Crippen molar-refractivity contribution in [2.45, 2.75) is 44.9 Å². The maximum Gasteiger partial charge on any atom is 0.389 e. The van der Waals surface area contributed by atoms with Gasteiger partial charge in [-0.25, -0.2) is 0 Å². The first kappa shape index (κ1) is 14.7. The summed E-state index contributed by atoms with van der Waals surface area (Å²) < 4.78 is 40.6. The predicted octanol–water partition coefficient (Wildman–Crippen LogP) is 2.73. The zero-order valence-electron chi connectivity index (χ0n) is 9.36. The number of alkyl halides is 3. The first-order valence-corrected chi connectivity index (χ1v) is 5.28. The zero-order valence-corrected chi connectivity index (χ0v) is 9.36. The van der Waals surface area contributed by atoms with Crippen molar-refractivity contribution in [1.29, 1.82) is 0 Å². The Hall–Kier alpha value is -0.290. The molecule has 0 aliphatic carbocycles. The lowest BCUT2D eigenvalue weighted by atomic mass is 10.2. The van der Waals surface area contributed by atoms with Gasteiger partial charge in [-0.15, -0.1) is 0 Å². The number of ether oxygens (including phenoxy) is 1. The molecule has 0 spiro atoms. The molecular formula is C10H20F3NO. The lowest BCUT2D eigenvalue weighted by molar-refractivity contribution is -0.138. The molecule has 0 aromatic carbocycles. The Balaban J connectivity index is 3.27. The van der Waals surface area contributed by atoms with Crippen LogP contribution in [0, 0.1) is 0 Å². The predicted molar refractivity (Wildman–Crippen MR) is 53.9 cm³/mol. The highest BCUT2D eigenvalue weighted by Crippen LogP contribution is 2.21. The van der Waals surface area contributed by atoms with E-state index in [1.807, 2.05) is 14.0 Å². The monoisotopic (exact) mass is 227 g/mol. The molecule has 15 heavy (non-hydrogen) atoms. The van der Waals surface area contributed by atoms with Crippen molar-refractivity contribution in [3.63, 3.8) is 0 Å². The molecule has 0 fully saturated rings. The summed E-state index contributed by atoms with van der Waals surface area (Å²) >= 11 is 0. The van der Waals surface area contributed by atoms with Gasteiger partial charge in [0.05, 0.1) is 6.10 Å². The molecule has 0 amide bonds. The van der Waals surface area contributed by atoms with Crippen LogP contribution >= 0.6 is 0 Å². The number of halogens is 3. The van der Waals surface area contributed by atoms with Crippen LogP contribution in [0.5, 0.6) is 0 Å². The lowest BCUT2D eigenvalue weighted by Gasteiger charge is -2.13. The van der Waals surface area contributed by atoms with Crippen molar-refractivity contribution in [2.24, 2.45) is 0 Å². The van der Waals surface area contributed by atoms with Gasteiger partial charge in [0.1, 0.15) is 0 Å². The van der Waals surface area contributed by atoms with Gasteiger partial charge in [-0.2, -0.15) is 13.2 Å². The van der Waals surface area contributed by atoms with Crippen LogP contribution in [-0.2, 0) is 4.74 Å². The van der Waals surface area contributed by atoms with Crippen molar-refractivity contribution < 1.29 is 17.9 Å². The molecule has 0 heterocycles. The molecule has 0 rings (SSSR count). The number of hydrogen-bond acceptors (Lipinski definition) is 2. The van der Waals surface area contributed by atoms with Gasteiger partial charge in [0.15, 0.2) is 0 Å². The Morgan fingerprint density at radius 2 is 1.93 bits per heavy atom.